The average Bonchev–Trinajstić information content (AvgIpc) is 3.08. The molecular formula is C33H52IN5O9. The van der Waals surface area contributed by atoms with Gasteiger partial charge in [0.1, 0.15) is 13.2 Å². The second-order valence-electron chi connectivity index (χ2n) is 11.6. The number of ketones is 1. The highest BCUT2D eigenvalue weighted by molar-refractivity contribution is 14.1. The van der Waals surface area contributed by atoms with Crippen LogP contribution in [-0.2, 0) is 55.9 Å². The van der Waals surface area contributed by atoms with Gasteiger partial charge in [0.25, 0.3) is 0 Å². The molecule has 2 atom stereocenters. The fraction of sp³-hybridized carbons (Fsp3) is 0.667. The molecule has 1 aliphatic rings. The van der Waals surface area contributed by atoms with E-state index in [1.54, 1.807) is 4.90 Å². The Kier molecular flexibility index (Phi) is 21.1. The number of carbonyl (C=O) groups is 5. The van der Waals surface area contributed by atoms with Crippen LogP contribution in [0.5, 0.6) is 0 Å². The summed E-state index contributed by atoms with van der Waals surface area (Å²) in [6, 6.07) is 6.65. The standard InChI is InChI=1S/C33H52IN5O9/c1-24(2)32(43)28-19-25-7-3-4-8-26(25)21-39(28)33(44)27(35)9-5-6-10-36-30(41)22-47-17-16-46-14-12-38-31(42)23-48-18-15-45-13-11-37-29(40)20-34/h3-4,7-8,24,27-28H,5-6,9-23,35H2,1-2H3,(H,36,41)(H,37,40)(H,38,42)/t27-,28-/m1/s1. The van der Waals surface area contributed by atoms with Crippen LogP contribution in [0.4, 0.5) is 0 Å². The Morgan fingerprint density at radius 3 is 1.92 bits per heavy atom. The van der Waals surface area contributed by atoms with E-state index in [-0.39, 0.29) is 75.0 Å². The molecule has 0 saturated heterocycles. The van der Waals surface area contributed by atoms with Crippen molar-refractivity contribution in [1.29, 1.82) is 0 Å². The third-order valence-corrected chi connectivity index (χ3v) is 8.17. The average molecular weight is 790 g/mol. The summed E-state index contributed by atoms with van der Waals surface area (Å²) in [5.74, 6) is -0.925. The number of amides is 4. The minimum absolute atomic E-state index is 0.0406. The van der Waals surface area contributed by atoms with Gasteiger partial charge in [-0.1, -0.05) is 60.7 Å². The largest absolute Gasteiger partial charge is 0.377 e. The first-order valence-electron chi connectivity index (χ1n) is 16.5. The maximum absolute atomic E-state index is 13.3. The molecule has 0 aliphatic carbocycles. The summed E-state index contributed by atoms with van der Waals surface area (Å²) in [5, 5.41) is 8.15. The molecule has 5 N–H and O–H groups in total. The molecular weight excluding hydrogens is 737 g/mol. The van der Waals surface area contributed by atoms with Crippen molar-refractivity contribution in [3.05, 3.63) is 35.4 Å². The monoisotopic (exact) mass is 789 g/mol. The lowest BCUT2D eigenvalue weighted by atomic mass is 9.87. The molecule has 0 saturated carbocycles. The number of halogens is 1. The van der Waals surface area contributed by atoms with Gasteiger partial charge in [0.15, 0.2) is 5.78 Å². The maximum Gasteiger partial charge on any atom is 0.246 e. The molecule has 1 heterocycles. The van der Waals surface area contributed by atoms with Crippen molar-refractivity contribution in [3.63, 3.8) is 0 Å². The minimum atomic E-state index is -0.721. The van der Waals surface area contributed by atoms with E-state index in [9.17, 15) is 24.0 Å². The van der Waals surface area contributed by atoms with E-state index >= 15 is 0 Å². The van der Waals surface area contributed by atoms with Crippen molar-refractivity contribution in [2.45, 2.75) is 58.2 Å². The van der Waals surface area contributed by atoms with E-state index in [0.717, 1.165) is 11.1 Å². The number of nitrogens with zero attached hydrogens (tertiary/aromatic N) is 1. The van der Waals surface area contributed by atoms with Crippen LogP contribution in [0.25, 0.3) is 0 Å². The number of rotatable bonds is 25. The summed E-state index contributed by atoms with van der Waals surface area (Å²) in [7, 11) is 0. The summed E-state index contributed by atoms with van der Waals surface area (Å²) < 4.78 is 21.7. The molecule has 0 bridgehead atoms. The van der Waals surface area contributed by atoms with Crippen LogP contribution in [-0.4, -0.2) is 123 Å². The predicted molar refractivity (Wildman–Crippen MR) is 187 cm³/mol. The Balaban J connectivity index is 1.46. The normalized spacial score (nSPS) is 14.7. The molecule has 48 heavy (non-hydrogen) atoms. The number of hydrogen-bond donors (Lipinski definition) is 4. The van der Waals surface area contributed by atoms with Crippen LogP contribution >= 0.6 is 22.6 Å². The SMILES string of the molecule is CC(C)C(=O)[C@H]1Cc2ccccc2CN1C(=O)[C@H](N)CCCCNC(=O)COCCOCCNC(=O)COCCOCCNC(=O)CI. The molecule has 270 valence electrons. The molecule has 4 amide bonds. The third kappa shape index (κ3) is 16.6. The molecule has 0 aromatic heterocycles. The van der Waals surface area contributed by atoms with Crippen molar-refractivity contribution in [2.75, 3.05) is 76.9 Å². The summed E-state index contributed by atoms with van der Waals surface area (Å²) in [6.07, 6.45) is 2.25. The van der Waals surface area contributed by atoms with Crippen LogP contribution in [0, 0.1) is 5.92 Å². The summed E-state index contributed by atoms with van der Waals surface area (Å²) in [5.41, 5.74) is 8.41. The minimum Gasteiger partial charge on any atom is -0.377 e. The fourth-order valence-corrected chi connectivity index (χ4v) is 5.16. The lowest BCUT2D eigenvalue weighted by Gasteiger charge is -2.38. The van der Waals surface area contributed by atoms with Crippen molar-refractivity contribution < 1.29 is 42.9 Å². The molecule has 0 spiro atoms. The van der Waals surface area contributed by atoms with E-state index in [0.29, 0.717) is 69.5 Å². The third-order valence-electron chi connectivity index (χ3n) is 7.48. The topological polar surface area (TPSA) is 188 Å². The Morgan fingerprint density at radius 1 is 0.792 bits per heavy atom. The van der Waals surface area contributed by atoms with Gasteiger partial charge in [-0.2, -0.15) is 0 Å². The van der Waals surface area contributed by atoms with Crippen molar-refractivity contribution >= 4 is 52.0 Å². The van der Waals surface area contributed by atoms with Crippen molar-refractivity contribution in [1.82, 2.24) is 20.9 Å². The smallest absolute Gasteiger partial charge is 0.246 e. The number of nitrogens with one attached hydrogen (secondary N) is 3. The zero-order valence-corrected chi connectivity index (χ0v) is 30.3. The predicted octanol–water partition coefficient (Wildman–Crippen LogP) is 0.513. The quantitative estimate of drug-likeness (QED) is 0.0618. The number of unbranched alkanes of at least 4 members (excludes halogenated alkanes) is 1. The van der Waals surface area contributed by atoms with Crippen LogP contribution in [0.2, 0.25) is 0 Å². The number of fused-ring (bicyclic) bond motifs is 1. The molecule has 15 heteroatoms. The molecule has 2 rings (SSSR count). The van der Waals surface area contributed by atoms with Crippen LogP contribution in [0.3, 0.4) is 0 Å². The summed E-state index contributed by atoms with van der Waals surface area (Å²) >= 11 is 1.98. The second-order valence-corrected chi connectivity index (χ2v) is 12.4. The van der Waals surface area contributed by atoms with Gasteiger partial charge in [0.2, 0.25) is 23.6 Å². The van der Waals surface area contributed by atoms with Gasteiger partial charge >= 0.3 is 0 Å². The zero-order valence-electron chi connectivity index (χ0n) is 28.1. The van der Waals surface area contributed by atoms with Gasteiger partial charge in [-0.25, -0.2) is 0 Å². The first-order valence-corrected chi connectivity index (χ1v) is 18.0. The Morgan fingerprint density at radius 2 is 1.33 bits per heavy atom. The number of carbonyl (C=O) groups excluding carboxylic acids is 5. The maximum atomic E-state index is 13.3. The van der Waals surface area contributed by atoms with Gasteiger partial charge < -0.3 is 45.5 Å². The van der Waals surface area contributed by atoms with E-state index in [1.165, 1.54) is 0 Å². The van der Waals surface area contributed by atoms with Gasteiger partial charge in [-0.15, -0.1) is 0 Å². The summed E-state index contributed by atoms with van der Waals surface area (Å²) in [4.78, 5) is 62.8. The highest BCUT2D eigenvalue weighted by Crippen LogP contribution is 2.26. The molecule has 0 unspecified atom stereocenters. The molecule has 1 aliphatic heterocycles. The van der Waals surface area contributed by atoms with E-state index in [4.69, 9.17) is 24.7 Å². The van der Waals surface area contributed by atoms with E-state index < -0.39 is 12.1 Å². The highest BCUT2D eigenvalue weighted by Gasteiger charge is 2.36. The van der Waals surface area contributed by atoms with Gasteiger partial charge in [0, 0.05) is 38.5 Å². The van der Waals surface area contributed by atoms with Gasteiger partial charge in [-0.05, 0) is 30.4 Å². The Bertz CT molecular complexity index is 1160. The van der Waals surface area contributed by atoms with Crippen molar-refractivity contribution in [3.8, 4) is 0 Å². The molecule has 1 aromatic rings. The number of ether oxygens (including phenoxy) is 4. The fourth-order valence-electron chi connectivity index (χ4n) is 4.89. The summed E-state index contributed by atoms with van der Waals surface area (Å²) in [6.45, 7) is 6.82. The second kappa shape index (κ2) is 24.4. The van der Waals surface area contributed by atoms with Crippen LogP contribution in [0.1, 0.15) is 44.2 Å². The van der Waals surface area contributed by atoms with Gasteiger partial charge in [0.05, 0.1) is 56.2 Å². The number of benzene rings is 1. The van der Waals surface area contributed by atoms with Gasteiger partial charge in [-0.3, -0.25) is 24.0 Å². The molecule has 1 aromatic carbocycles. The molecule has 14 nitrogen and oxygen atoms in total. The number of Topliss-reactive ketones (excluding diaryl/α,β-unsaturated/α-hetero) is 1. The Hall–Kier alpha value is -2.70. The Labute approximate surface area is 297 Å². The van der Waals surface area contributed by atoms with Crippen molar-refractivity contribution in [2.24, 2.45) is 11.7 Å². The molecule has 0 radical (unpaired) electrons. The lowest BCUT2D eigenvalue weighted by Crippen LogP contribution is -2.54. The lowest BCUT2D eigenvalue weighted by molar-refractivity contribution is -0.143. The van der Waals surface area contributed by atoms with E-state index in [2.05, 4.69) is 16.0 Å². The zero-order chi connectivity index (χ0) is 35.1. The molecule has 0 fully saturated rings. The number of hydrogen-bond acceptors (Lipinski definition) is 10. The first kappa shape index (κ1) is 41.5. The van der Waals surface area contributed by atoms with Crippen LogP contribution < -0.4 is 21.7 Å². The first-order chi connectivity index (χ1) is 23.1. The van der Waals surface area contributed by atoms with Crippen LogP contribution in [0.15, 0.2) is 24.3 Å². The highest BCUT2D eigenvalue weighted by atomic mass is 127. The number of alkyl halides is 1. The van der Waals surface area contributed by atoms with E-state index in [1.807, 2.05) is 60.7 Å². The number of nitrogens with two attached hydrogens (primary N) is 1.